The maximum atomic E-state index is 12.4. The molecule has 0 aliphatic heterocycles. The van der Waals surface area contributed by atoms with Crippen LogP contribution in [-0.2, 0) is 0 Å². The van der Waals surface area contributed by atoms with Crippen molar-refractivity contribution >= 4 is 0 Å². The zero-order chi connectivity index (χ0) is 13.1. The van der Waals surface area contributed by atoms with Gasteiger partial charge in [-0.25, -0.2) is 8.78 Å². The fourth-order valence-electron chi connectivity index (χ4n) is 1.06. The molecule has 0 amide bonds. The lowest BCUT2D eigenvalue weighted by atomic mass is 10.1. The Balaban J connectivity index is 2.92. The van der Waals surface area contributed by atoms with E-state index in [1.54, 1.807) is 6.07 Å². The van der Waals surface area contributed by atoms with Gasteiger partial charge in [-0.1, -0.05) is 0 Å². The van der Waals surface area contributed by atoms with Crippen LogP contribution >= 0.6 is 0 Å². The number of benzene rings is 1. The second-order valence-corrected chi connectivity index (χ2v) is 3.11. The highest BCUT2D eigenvalue weighted by atomic mass is 19.4. The van der Waals surface area contributed by atoms with Gasteiger partial charge in [-0.05, 0) is 18.2 Å². The largest absolute Gasteiger partial charge is 0.484 e. The topological polar surface area (TPSA) is 33.0 Å². The van der Waals surface area contributed by atoms with Gasteiger partial charge < -0.3 is 4.74 Å². The van der Waals surface area contributed by atoms with Crippen LogP contribution in [0.1, 0.15) is 17.6 Å². The highest BCUT2D eigenvalue weighted by Gasteiger charge is 2.28. The summed E-state index contributed by atoms with van der Waals surface area (Å²) < 4.78 is 64.5. The van der Waals surface area contributed by atoms with Crippen LogP contribution in [0, 0.1) is 11.3 Å². The lowest BCUT2D eigenvalue weighted by molar-refractivity contribution is -0.153. The number of rotatable bonds is 3. The molecule has 92 valence electrons. The summed E-state index contributed by atoms with van der Waals surface area (Å²) in [5, 5.41) is 8.52. The molecule has 0 N–H and O–H groups in total. The summed E-state index contributed by atoms with van der Waals surface area (Å²) in [4.78, 5) is 0. The second-order valence-electron chi connectivity index (χ2n) is 3.11. The molecule has 0 aromatic heterocycles. The van der Waals surface area contributed by atoms with Crippen molar-refractivity contribution in [1.82, 2.24) is 0 Å². The lowest BCUT2D eigenvalue weighted by Crippen LogP contribution is -2.19. The van der Waals surface area contributed by atoms with Crippen molar-refractivity contribution in [2.24, 2.45) is 0 Å². The summed E-state index contributed by atoms with van der Waals surface area (Å²) in [5.74, 6) is -0.406. The Morgan fingerprint density at radius 3 is 2.35 bits per heavy atom. The first kappa shape index (κ1) is 13.2. The smallest absolute Gasteiger partial charge is 0.422 e. The maximum Gasteiger partial charge on any atom is 0.422 e. The predicted octanol–water partition coefficient (Wildman–Crippen LogP) is 3.44. The Labute approximate surface area is 93.2 Å². The Morgan fingerprint density at radius 2 is 1.88 bits per heavy atom. The normalized spacial score (nSPS) is 11.4. The van der Waals surface area contributed by atoms with Crippen LogP contribution in [-0.4, -0.2) is 12.8 Å². The number of hydrogen-bond donors (Lipinski definition) is 0. The fourth-order valence-corrected chi connectivity index (χ4v) is 1.06. The van der Waals surface area contributed by atoms with Crippen LogP contribution in [0.3, 0.4) is 0 Å². The van der Waals surface area contributed by atoms with Gasteiger partial charge in [-0.3, -0.25) is 0 Å². The Morgan fingerprint density at radius 1 is 1.24 bits per heavy atom. The zero-order valence-electron chi connectivity index (χ0n) is 8.26. The summed E-state index contributed by atoms with van der Waals surface area (Å²) in [5.41, 5.74) is -0.735. The third-order valence-corrected chi connectivity index (χ3v) is 1.71. The quantitative estimate of drug-likeness (QED) is 0.771. The maximum absolute atomic E-state index is 12.4. The van der Waals surface area contributed by atoms with Crippen LogP contribution in [0.15, 0.2) is 18.2 Å². The molecule has 0 spiro atoms. The van der Waals surface area contributed by atoms with Crippen LogP contribution in [0.25, 0.3) is 0 Å². The van der Waals surface area contributed by atoms with Gasteiger partial charge in [-0.15, -0.1) is 0 Å². The van der Waals surface area contributed by atoms with Crippen LogP contribution < -0.4 is 4.74 Å². The van der Waals surface area contributed by atoms with Crippen molar-refractivity contribution in [2.45, 2.75) is 12.6 Å². The van der Waals surface area contributed by atoms with Crippen molar-refractivity contribution < 1.29 is 26.7 Å². The van der Waals surface area contributed by atoms with E-state index >= 15 is 0 Å². The number of hydrogen-bond acceptors (Lipinski definition) is 2. The number of ether oxygens (including phenoxy) is 1. The average Bonchev–Trinajstić information content (AvgIpc) is 2.25. The van der Waals surface area contributed by atoms with Gasteiger partial charge in [0, 0.05) is 5.56 Å². The SMILES string of the molecule is N#Cc1cc(OCC(F)(F)F)cc(C(F)F)c1. The van der Waals surface area contributed by atoms with Crippen molar-refractivity contribution in [3.8, 4) is 11.8 Å². The second kappa shape index (κ2) is 4.99. The molecule has 1 aromatic carbocycles. The zero-order valence-corrected chi connectivity index (χ0v) is 8.26. The molecule has 0 aliphatic rings. The summed E-state index contributed by atoms with van der Waals surface area (Å²) in [6.07, 6.45) is -7.44. The van der Waals surface area contributed by atoms with E-state index in [1.165, 1.54) is 0 Å². The van der Waals surface area contributed by atoms with Crippen LogP contribution in [0.2, 0.25) is 0 Å². The average molecular weight is 251 g/mol. The molecule has 0 heterocycles. The summed E-state index contributed by atoms with van der Waals surface area (Å²) >= 11 is 0. The molecule has 0 aliphatic carbocycles. The molecule has 1 aromatic rings. The van der Waals surface area contributed by atoms with E-state index in [-0.39, 0.29) is 5.56 Å². The van der Waals surface area contributed by atoms with Gasteiger partial charge in [0.2, 0.25) is 0 Å². The van der Waals surface area contributed by atoms with E-state index in [0.717, 1.165) is 18.2 Å². The molecular weight excluding hydrogens is 245 g/mol. The Hall–Kier alpha value is -1.84. The van der Waals surface area contributed by atoms with Crippen molar-refractivity contribution in [1.29, 1.82) is 5.26 Å². The molecule has 0 fully saturated rings. The Kier molecular flexibility index (Phi) is 3.89. The Bertz CT molecular complexity index is 435. The standard InChI is InChI=1S/C10H6F5NO/c11-9(12)7-1-6(4-16)2-8(3-7)17-5-10(13,14)15/h1-3,9H,5H2. The molecule has 0 radical (unpaired) electrons. The summed E-state index contributed by atoms with van der Waals surface area (Å²) in [7, 11) is 0. The molecule has 0 saturated heterocycles. The summed E-state index contributed by atoms with van der Waals surface area (Å²) in [6.45, 7) is -1.59. The molecule has 7 heteroatoms. The number of nitriles is 1. The first-order valence-electron chi connectivity index (χ1n) is 4.34. The lowest BCUT2D eigenvalue weighted by Gasteiger charge is -2.10. The van der Waals surface area contributed by atoms with Gasteiger partial charge >= 0.3 is 6.18 Å². The van der Waals surface area contributed by atoms with Crippen LogP contribution in [0.4, 0.5) is 22.0 Å². The molecule has 1 rings (SSSR count). The van der Waals surface area contributed by atoms with Crippen molar-refractivity contribution in [3.05, 3.63) is 29.3 Å². The molecule has 0 atom stereocenters. The molecule has 2 nitrogen and oxygen atoms in total. The summed E-state index contributed by atoms with van der Waals surface area (Å²) in [6, 6.07) is 4.20. The first-order chi connectivity index (χ1) is 7.81. The third-order valence-electron chi connectivity index (χ3n) is 1.71. The predicted molar refractivity (Wildman–Crippen MR) is 47.7 cm³/mol. The van der Waals surface area contributed by atoms with E-state index < -0.39 is 30.5 Å². The fraction of sp³-hybridized carbons (Fsp3) is 0.300. The van der Waals surface area contributed by atoms with Gasteiger partial charge in [0.25, 0.3) is 6.43 Å². The third kappa shape index (κ3) is 4.26. The first-order valence-corrected chi connectivity index (χ1v) is 4.34. The number of nitrogens with zero attached hydrogens (tertiary/aromatic N) is 1. The minimum absolute atomic E-state index is 0.181. The van der Waals surface area contributed by atoms with E-state index in [1.807, 2.05) is 0 Å². The van der Waals surface area contributed by atoms with E-state index in [4.69, 9.17) is 5.26 Å². The van der Waals surface area contributed by atoms with Crippen molar-refractivity contribution in [2.75, 3.05) is 6.61 Å². The highest BCUT2D eigenvalue weighted by Crippen LogP contribution is 2.26. The monoisotopic (exact) mass is 251 g/mol. The molecule has 17 heavy (non-hydrogen) atoms. The van der Waals surface area contributed by atoms with Gasteiger partial charge in [-0.2, -0.15) is 18.4 Å². The minimum Gasteiger partial charge on any atom is -0.484 e. The number of alkyl halides is 5. The van der Waals surface area contributed by atoms with Crippen molar-refractivity contribution in [3.63, 3.8) is 0 Å². The van der Waals surface area contributed by atoms with E-state index in [2.05, 4.69) is 4.74 Å². The molecule has 0 bridgehead atoms. The van der Waals surface area contributed by atoms with Gasteiger partial charge in [0.05, 0.1) is 11.6 Å². The molecule has 0 saturated carbocycles. The van der Waals surface area contributed by atoms with E-state index in [9.17, 15) is 22.0 Å². The molecule has 0 unspecified atom stereocenters. The highest BCUT2D eigenvalue weighted by molar-refractivity contribution is 5.41. The van der Waals surface area contributed by atoms with Gasteiger partial charge in [0.1, 0.15) is 5.75 Å². The van der Waals surface area contributed by atoms with E-state index in [0.29, 0.717) is 0 Å². The van der Waals surface area contributed by atoms with Crippen LogP contribution in [0.5, 0.6) is 5.75 Å². The molecular formula is C10H6F5NO. The van der Waals surface area contributed by atoms with Gasteiger partial charge in [0.15, 0.2) is 6.61 Å². The minimum atomic E-state index is -4.56. The number of halogens is 5.